The van der Waals surface area contributed by atoms with Gasteiger partial charge in [0.25, 0.3) is 0 Å². The van der Waals surface area contributed by atoms with Gasteiger partial charge in [-0.3, -0.25) is 14.7 Å². The summed E-state index contributed by atoms with van der Waals surface area (Å²) in [6.45, 7) is 3.77. The Morgan fingerprint density at radius 1 is 1.04 bits per heavy atom. The van der Waals surface area contributed by atoms with Crippen LogP contribution in [0.2, 0.25) is 0 Å². The second-order valence-electron chi connectivity index (χ2n) is 7.26. The number of carbonyl (C=O) groups excluding carboxylic acids is 1. The smallest absolute Gasteiger partial charge is 0.243 e. The van der Waals surface area contributed by atoms with Crippen molar-refractivity contribution in [1.29, 1.82) is 0 Å². The minimum Gasteiger partial charge on any atom is -0.353 e. The number of carbonyl (C=O) groups is 1. The van der Waals surface area contributed by atoms with Gasteiger partial charge in [0.05, 0.1) is 0 Å². The molecule has 1 amide bonds. The summed E-state index contributed by atoms with van der Waals surface area (Å²) in [5, 5.41) is 5.74. The molecule has 0 spiro atoms. The minimum atomic E-state index is -0.0533. The molecule has 1 aliphatic rings. The second kappa shape index (κ2) is 8.81. The summed E-state index contributed by atoms with van der Waals surface area (Å²) in [5.74, 6) is -0.0533. The van der Waals surface area contributed by atoms with Gasteiger partial charge >= 0.3 is 0 Å². The van der Waals surface area contributed by atoms with Gasteiger partial charge in [-0.1, -0.05) is 42.5 Å². The Bertz CT molecular complexity index is 941. The van der Waals surface area contributed by atoms with Crippen LogP contribution in [0.3, 0.4) is 0 Å². The van der Waals surface area contributed by atoms with Crippen LogP contribution in [-0.4, -0.2) is 28.9 Å². The van der Waals surface area contributed by atoms with Crippen molar-refractivity contribution in [2.45, 2.75) is 25.9 Å². The highest BCUT2D eigenvalue weighted by Crippen LogP contribution is 2.29. The molecule has 1 N–H and O–H groups in total. The average molecular weight is 371 g/mol. The number of amides is 1. The van der Waals surface area contributed by atoms with Gasteiger partial charge in [-0.2, -0.15) is 0 Å². The molecule has 0 fully saturated rings. The zero-order valence-corrected chi connectivity index (χ0v) is 16.0. The summed E-state index contributed by atoms with van der Waals surface area (Å²) in [7, 11) is 0. The predicted octanol–water partition coefficient (Wildman–Crippen LogP) is 4.16. The molecular formula is C24H25N3O. The molecule has 2 heterocycles. The Hall–Kier alpha value is -2.98. The van der Waals surface area contributed by atoms with Gasteiger partial charge in [-0.05, 0) is 59.0 Å². The van der Waals surface area contributed by atoms with E-state index in [2.05, 4.69) is 51.6 Å². The molecule has 0 radical (unpaired) electrons. The highest BCUT2D eigenvalue weighted by Gasteiger charge is 2.17. The maximum absolute atomic E-state index is 11.9. The zero-order valence-electron chi connectivity index (χ0n) is 16.0. The van der Waals surface area contributed by atoms with E-state index in [4.69, 9.17) is 0 Å². The molecule has 0 saturated carbocycles. The first kappa shape index (κ1) is 18.4. The van der Waals surface area contributed by atoms with Crippen molar-refractivity contribution in [3.63, 3.8) is 0 Å². The summed E-state index contributed by atoms with van der Waals surface area (Å²) in [5.41, 5.74) is 3.78. The fourth-order valence-corrected chi connectivity index (χ4v) is 3.84. The summed E-state index contributed by atoms with van der Waals surface area (Å²) in [6, 6.07) is 17.0. The second-order valence-corrected chi connectivity index (χ2v) is 7.26. The number of nitrogens with one attached hydrogen (secondary N) is 1. The van der Waals surface area contributed by atoms with Crippen LogP contribution in [0.5, 0.6) is 0 Å². The van der Waals surface area contributed by atoms with E-state index in [0.29, 0.717) is 6.54 Å². The van der Waals surface area contributed by atoms with Gasteiger partial charge in [0.2, 0.25) is 5.91 Å². The molecule has 0 unspecified atom stereocenters. The first-order valence-electron chi connectivity index (χ1n) is 9.87. The maximum atomic E-state index is 11.9. The number of unbranched alkanes of at least 4 members (excludes halogenated alkanes) is 1. The molecular weight excluding hydrogens is 346 g/mol. The SMILES string of the molecule is O=C(/C=C/c1cccnc1)NCCCCN1Cc2cccc3cccc(c23)C1. The molecule has 1 aliphatic heterocycles. The highest BCUT2D eigenvalue weighted by atomic mass is 16.1. The average Bonchev–Trinajstić information content (AvgIpc) is 2.73. The summed E-state index contributed by atoms with van der Waals surface area (Å²) >= 11 is 0. The number of hydrogen-bond donors (Lipinski definition) is 1. The van der Waals surface area contributed by atoms with Crippen LogP contribution in [0.25, 0.3) is 16.8 Å². The highest BCUT2D eigenvalue weighted by molar-refractivity contribution is 5.91. The monoisotopic (exact) mass is 371 g/mol. The van der Waals surface area contributed by atoms with E-state index >= 15 is 0 Å². The van der Waals surface area contributed by atoms with Crippen molar-refractivity contribution in [1.82, 2.24) is 15.2 Å². The predicted molar refractivity (Wildman–Crippen MR) is 114 cm³/mol. The number of aromatic nitrogens is 1. The van der Waals surface area contributed by atoms with E-state index in [1.165, 1.54) is 21.9 Å². The van der Waals surface area contributed by atoms with Crippen molar-refractivity contribution >= 4 is 22.8 Å². The third-order valence-electron chi connectivity index (χ3n) is 5.18. The van der Waals surface area contributed by atoms with Gasteiger partial charge in [-0.15, -0.1) is 0 Å². The Morgan fingerprint density at radius 3 is 2.54 bits per heavy atom. The summed E-state index contributed by atoms with van der Waals surface area (Å²) in [4.78, 5) is 18.4. The Kier molecular flexibility index (Phi) is 5.78. The Balaban J connectivity index is 1.20. The molecule has 4 rings (SSSR count). The lowest BCUT2D eigenvalue weighted by atomic mass is 9.95. The number of nitrogens with zero attached hydrogens (tertiary/aromatic N) is 2. The molecule has 142 valence electrons. The number of benzene rings is 2. The summed E-state index contributed by atoms with van der Waals surface area (Å²) < 4.78 is 0. The van der Waals surface area contributed by atoms with Gasteiger partial charge in [0, 0.05) is 38.1 Å². The van der Waals surface area contributed by atoms with E-state index < -0.39 is 0 Å². The van der Waals surface area contributed by atoms with Crippen LogP contribution < -0.4 is 5.32 Å². The molecule has 28 heavy (non-hydrogen) atoms. The van der Waals surface area contributed by atoms with Crippen LogP contribution in [0.1, 0.15) is 29.5 Å². The molecule has 0 aliphatic carbocycles. The van der Waals surface area contributed by atoms with Crippen molar-refractivity contribution in [3.05, 3.63) is 83.7 Å². The minimum absolute atomic E-state index is 0.0533. The molecule has 0 atom stereocenters. The van der Waals surface area contributed by atoms with E-state index in [1.54, 1.807) is 24.5 Å². The van der Waals surface area contributed by atoms with Crippen molar-refractivity contribution < 1.29 is 4.79 Å². The normalized spacial score (nSPS) is 13.9. The first-order valence-corrected chi connectivity index (χ1v) is 9.87. The molecule has 3 aromatic rings. The molecule has 1 aromatic heterocycles. The number of pyridine rings is 1. The topological polar surface area (TPSA) is 45.2 Å². The van der Waals surface area contributed by atoms with Crippen molar-refractivity contribution in [3.8, 4) is 0 Å². The molecule has 0 bridgehead atoms. The molecule has 4 nitrogen and oxygen atoms in total. The Labute approximate surface area is 165 Å². The number of rotatable bonds is 7. The van der Waals surface area contributed by atoms with Crippen molar-refractivity contribution in [2.75, 3.05) is 13.1 Å². The zero-order chi connectivity index (χ0) is 19.2. The maximum Gasteiger partial charge on any atom is 0.243 e. The largest absolute Gasteiger partial charge is 0.353 e. The van der Waals surface area contributed by atoms with E-state index in [0.717, 1.165) is 38.0 Å². The van der Waals surface area contributed by atoms with Crippen LogP contribution >= 0.6 is 0 Å². The quantitative estimate of drug-likeness (QED) is 0.501. The molecule has 2 aromatic carbocycles. The third kappa shape index (κ3) is 4.46. The van der Waals surface area contributed by atoms with Gasteiger partial charge in [0.15, 0.2) is 0 Å². The standard InChI is InChI=1S/C24H25N3O/c28-23(12-11-19-6-5-13-25-16-19)26-14-1-2-15-27-17-21-9-3-7-20-8-4-10-22(18-27)24(20)21/h3-13,16H,1-2,14-15,17-18H2,(H,26,28)/b12-11+. The fraction of sp³-hybridized carbons (Fsp3) is 0.250. The Morgan fingerprint density at radius 2 is 1.82 bits per heavy atom. The van der Waals surface area contributed by atoms with E-state index in [9.17, 15) is 4.79 Å². The van der Waals surface area contributed by atoms with Crippen LogP contribution in [0.15, 0.2) is 67.0 Å². The fourth-order valence-electron chi connectivity index (χ4n) is 3.84. The lowest BCUT2D eigenvalue weighted by molar-refractivity contribution is -0.116. The summed E-state index contributed by atoms with van der Waals surface area (Å²) in [6.07, 6.45) is 8.87. The molecule has 4 heteroatoms. The van der Waals surface area contributed by atoms with E-state index in [-0.39, 0.29) is 5.91 Å². The number of hydrogen-bond acceptors (Lipinski definition) is 3. The lowest BCUT2D eigenvalue weighted by Gasteiger charge is -2.29. The van der Waals surface area contributed by atoms with Crippen LogP contribution in [-0.2, 0) is 17.9 Å². The molecule has 0 saturated heterocycles. The first-order chi connectivity index (χ1) is 13.8. The van der Waals surface area contributed by atoms with Gasteiger partial charge in [0.1, 0.15) is 0 Å². The third-order valence-corrected chi connectivity index (χ3v) is 5.18. The van der Waals surface area contributed by atoms with Crippen LogP contribution in [0.4, 0.5) is 0 Å². The van der Waals surface area contributed by atoms with E-state index in [1.807, 2.05) is 12.1 Å². The van der Waals surface area contributed by atoms with Crippen LogP contribution in [0, 0.1) is 0 Å². The van der Waals surface area contributed by atoms with Gasteiger partial charge in [-0.25, -0.2) is 0 Å². The van der Waals surface area contributed by atoms with Gasteiger partial charge < -0.3 is 5.32 Å². The van der Waals surface area contributed by atoms with Crippen molar-refractivity contribution in [2.24, 2.45) is 0 Å². The lowest BCUT2D eigenvalue weighted by Crippen LogP contribution is -2.28.